The third kappa shape index (κ3) is 3.52. The Hall–Kier alpha value is -0.930. The van der Waals surface area contributed by atoms with Gasteiger partial charge in [-0.1, -0.05) is 0 Å². The molecule has 0 bridgehead atoms. The molecule has 2 saturated heterocycles. The molecule has 2 aliphatic rings. The third-order valence-electron chi connectivity index (χ3n) is 3.93. The molecule has 140 valence electrons. The van der Waals surface area contributed by atoms with Crippen LogP contribution in [0.3, 0.4) is 0 Å². The van der Waals surface area contributed by atoms with Crippen LogP contribution in [0.1, 0.15) is 0 Å². The molecule has 2 aliphatic heterocycles. The zero-order valence-electron chi connectivity index (χ0n) is 12.2. The highest BCUT2D eigenvalue weighted by Gasteiger charge is 2.51. The van der Waals surface area contributed by atoms with Gasteiger partial charge in [0.15, 0.2) is 18.7 Å². The molecule has 0 saturated carbocycles. The second-order valence-electron chi connectivity index (χ2n) is 5.57. The van der Waals surface area contributed by atoms with Crippen molar-refractivity contribution in [3.05, 3.63) is 0 Å². The number of carboxylic acids is 1. The summed E-state index contributed by atoms with van der Waals surface area (Å²) in [7, 11) is 0. The predicted octanol–water partition coefficient (Wildman–Crippen LogP) is -5.30. The van der Waals surface area contributed by atoms with Gasteiger partial charge in [-0.25, -0.2) is 4.79 Å². The van der Waals surface area contributed by atoms with E-state index in [4.69, 9.17) is 24.4 Å². The van der Waals surface area contributed by atoms with Crippen LogP contribution in [0.2, 0.25) is 0 Å². The van der Waals surface area contributed by atoms with E-state index < -0.39 is 74.0 Å². The summed E-state index contributed by atoms with van der Waals surface area (Å²) in [6.45, 7) is -0.724. The first kappa shape index (κ1) is 19.4. The Morgan fingerprint density at radius 1 is 0.792 bits per heavy atom. The Labute approximate surface area is 135 Å². The molecule has 0 aliphatic carbocycles. The van der Waals surface area contributed by atoms with Crippen LogP contribution in [-0.4, -0.2) is 115 Å². The lowest BCUT2D eigenvalue weighted by Gasteiger charge is -2.44. The zero-order valence-corrected chi connectivity index (χ0v) is 12.2. The third-order valence-corrected chi connectivity index (χ3v) is 3.93. The quantitative estimate of drug-likeness (QED) is 0.238. The van der Waals surface area contributed by atoms with Gasteiger partial charge < -0.3 is 55.1 Å². The first-order chi connectivity index (χ1) is 11.2. The minimum Gasteiger partial charge on any atom is -0.479 e. The minimum atomic E-state index is -1.92. The summed E-state index contributed by atoms with van der Waals surface area (Å²) >= 11 is 0. The molecule has 10 atom stereocenters. The maximum Gasteiger partial charge on any atom is 0.335 e. The molecule has 12 nitrogen and oxygen atoms in total. The van der Waals surface area contributed by atoms with E-state index in [0.29, 0.717) is 0 Å². The molecule has 0 radical (unpaired) electrons. The first-order valence-electron chi connectivity index (χ1n) is 7.07. The van der Waals surface area contributed by atoms with Gasteiger partial charge in [0.1, 0.15) is 42.7 Å². The van der Waals surface area contributed by atoms with Gasteiger partial charge in [-0.05, 0) is 0 Å². The van der Waals surface area contributed by atoms with Crippen LogP contribution in [0.4, 0.5) is 0 Å². The zero-order chi connectivity index (χ0) is 18.2. The van der Waals surface area contributed by atoms with Crippen molar-refractivity contribution in [3.8, 4) is 0 Å². The number of hydrogen-bond donors (Lipinski definition) is 8. The lowest BCUT2D eigenvalue weighted by Crippen LogP contribution is -2.64. The van der Waals surface area contributed by atoms with Crippen molar-refractivity contribution in [2.45, 2.75) is 61.4 Å². The molecule has 2 heterocycles. The molecular formula is C12H20O12. The van der Waals surface area contributed by atoms with Crippen LogP contribution in [0.15, 0.2) is 0 Å². The second kappa shape index (κ2) is 7.53. The average Bonchev–Trinajstić information content (AvgIpc) is 2.55. The van der Waals surface area contributed by atoms with Crippen molar-refractivity contribution in [1.29, 1.82) is 0 Å². The van der Waals surface area contributed by atoms with Crippen LogP contribution < -0.4 is 0 Å². The van der Waals surface area contributed by atoms with Gasteiger partial charge in [-0.2, -0.15) is 0 Å². The van der Waals surface area contributed by atoms with E-state index in [1.807, 2.05) is 0 Å². The molecule has 0 spiro atoms. The van der Waals surface area contributed by atoms with Crippen molar-refractivity contribution in [2.24, 2.45) is 0 Å². The fraction of sp³-hybridized carbons (Fsp3) is 0.917. The maximum atomic E-state index is 11.0. The highest BCUT2D eigenvalue weighted by molar-refractivity contribution is 5.73. The van der Waals surface area contributed by atoms with Gasteiger partial charge in [-0.3, -0.25) is 0 Å². The van der Waals surface area contributed by atoms with Crippen LogP contribution in [0.5, 0.6) is 0 Å². The number of aliphatic hydroxyl groups excluding tert-OH is 7. The van der Waals surface area contributed by atoms with E-state index in [-0.39, 0.29) is 0 Å². The van der Waals surface area contributed by atoms with Crippen LogP contribution >= 0.6 is 0 Å². The smallest absolute Gasteiger partial charge is 0.335 e. The van der Waals surface area contributed by atoms with E-state index in [9.17, 15) is 35.4 Å². The Morgan fingerprint density at radius 2 is 1.29 bits per heavy atom. The molecule has 0 aromatic carbocycles. The number of carbonyl (C=O) groups is 1. The highest BCUT2D eigenvalue weighted by atomic mass is 16.8. The van der Waals surface area contributed by atoms with Gasteiger partial charge in [0, 0.05) is 0 Å². The second-order valence-corrected chi connectivity index (χ2v) is 5.57. The fourth-order valence-corrected chi connectivity index (χ4v) is 2.48. The van der Waals surface area contributed by atoms with E-state index >= 15 is 0 Å². The lowest BCUT2D eigenvalue weighted by molar-refractivity contribution is -0.372. The molecule has 8 N–H and O–H groups in total. The SMILES string of the molecule is O=C(O)[C@H]1OC(OC2O[C@H](CO)[C@@H](O)[C@H](O)[C@H]2O)[C@H](O)[C@@H](O)[C@@H]1O. The molecular weight excluding hydrogens is 336 g/mol. The highest BCUT2D eigenvalue weighted by Crippen LogP contribution is 2.28. The van der Waals surface area contributed by atoms with Crippen LogP contribution in [0, 0.1) is 0 Å². The fourth-order valence-electron chi connectivity index (χ4n) is 2.48. The maximum absolute atomic E-state index is 11.0. The van der Waals surface area contributed by atoms with E-state index in [1.165, 1.54) is 0 Å². The number of carboxylic acid groups (broad SMARTS) is 1. The number of ether oxygens (including phenoxy) is 3. The standard InChI is InChI=1S/C12H20O12/c13-1-2-3(14)4(15)7(18)11(22-2)24-12-8(19)5(16)6(17)9(23-12)10(20)21/h2-9,11-19H,1H2,(H,20,21)/t2-,3-,4+,5+,6+,7-,8-,9+,11?,12?/m1/s1. The summed E-state index contributed by atoms with van der Waals surface area (Å²) in [4.78, 5) is 11.0. The molecule has 2 fully saturated rings. The number of aliphatic carboxylic acids is 1. The molecule has 24 heavy (non-hydrogen) atoms. The summed E-state index contributed by atoms with van der Waals surface area (Å²) in [5.74, 6) is -1.63. The van der Waals surface area contributed by atoms with Gasteiger partial charge in [0.25, 0.3) is 0 Å². The van der Waals surface area contributed by atoms with Gasteiger partial charge in [-0.15, -0.1) is 0 Å². The van der Waals surface area contributed by atoms with E-state index in [2.05, 4.69) is 0 Å². The van der Waals surface area contributed by atoms with Crippen LogP contribution in [-0.2, 0) is 19.0 Å². The summed E-state index contributed by atoms with van der Waals surface area (Å²) in [6.07, 6.45) is -17.7. The molecule has 12 heteroatoms. The van der Waals surface area contributed by atoms with Crippen molar-refractivity contribution in [1.82, 2.24) is 0 Å². The Kier molecular flexibility index (Phi) is 6.09. The number of rotatable bonds is 4. The van der Waals surface area contributed by atoms with Gasteiger partial charge in [0.05, 0.1) is 6.61 Å². The van der Waals surface area contributed by atoms with Crippen molar-refractivity contribution in [2.75, 3.05) is 6.61 Å². The minimum absolute atomic E-state index is 0.724. The van der Waals surface area contributed by atoms with Gasteiger partial charge >= 0.3 is 5.97 Å². The van der Waals surface area contributed by atoms with Gasteiger partial charge in [0.2, 0.25) is 0 Å². The summed E-state index contributed by atoms with van der Waals surface area (Å²) in [5.41, 5.74) is 0. The summed E-state index contributed by atoms with van der Waals surface area (Å²) in [5, 5.41) is 76.1. The molecule has 2 rings (SSSR count). The molecule has 2 unspecified atom stereocenters. The molecule has 0 aromatic heterocycles. The van der Waals surface area contributed by atoms with Crippen LogP contribution in [0.25, 0.3) is 0 Å². The average molecular weight is 356 g/mol. The number of hydrogen-bond acceptors (Lipinski definition) is 11. The molecule has 0 aromatic rings. The number of aliphatic hydroxyl groups is 7. The topological polar surface area (TPSA) is 207 Å². The Bertz CT molecular complexity index is 444. The normalized spacial score (nSPS) is 49.8. The Morgan fingerprint density at radius 3 is 1.79 bits per heavy atom. The lowest BCUT2D eigenvalue weighted by atomic mass is 9.98. The predicted molar refractivity (Wildman–Crippen MR) is 69.2 cm³/mol. The largest absolute Gasteiger partial charge is 0.479 e. The van der Waals surface area contributed by atoms with Crippen molar-refractivity contribution in [3.63, 3.8) is 0 Å². The first-order valence-corrected chi connectivity index (χ1v) is 7.07. The van der Waals surface area contributed by atoms with E-state index in [1.54, 1.807) is 0 Å². The summed E-state index contributed by atoms with van der Waals surface area (Å²) in [6, 6.07) is 0. The van der Waals surface area contributed by atoms with E-state index in [0.717, 1.165) is 0 Å². The Balaban J connectivity index is 2.11. The summed E-state index contributed by atoms with van der Waals surface area (Å²) < 4.78 is 14.9. The molecule has 0 amide bonds. The van der Waals surface area contributed by atoms with Crippen molar-refractivity contribution < 1.29 is 59.9 Å². The monoisotopic (exact) mass is 356 g/mol. The van der Waals surface area contributed by atoms with Crippen molar-refractivity contribution >= 4 is 5.97 Å².